The van der Waals surface area contributed by atoms with Crippen LogP contribution >= 0.6 is 22.7 Å². The van der Waals surface area contributed by atoms with Crippen LogP contribution in [-0.4, -0.2) is 0 Å². The van der Waals surface area contributed by atoms with E-state index in [0.717, 1.165) is 0 Å². The van der Waals surface area contributed by atoms with Crippen molar-refractivity contribution < 1.29 is 0 Å². The van der Waals surface area contributed by atoms with Crippen molar-refractivity contribution in [2.24, 2.45) is 0 Å². The second-order valence-corrected chi connectivity index (χ2v) is 15.3. The second-order valence-electron chi connectivity index (χ2n) is 13.2. The molecule has 9 aromatic carbocycles. The van der Waals surface area contributed by atoms with Crippen LogP contribution in [0.4, 0.5) is 0 Å². The van der Waals surface area contributed by atoms with E-state index in [-0.39, 0.29) is 0 Å². The fraction of sp³-hybridized carbons (Fsp3) is 0. The molecule has 0 N–H and O–H groups in total. The van der Waals surface area contributed by atoms with Crippen LogP contribution in [0.2, 0.25) is 0 Å². The molecule has 2 heterocycles. The SMILES string of the molecule is c1ccc(-c2ccc(-c3c4ccccc4c(-c4ccc5sc6c7cc8c(cc7ccc6c5c4)sc4ccccc48)c4ccccc34)cc2)cc1. The molecule has 0 bridgehead atoms. The van der Waals surface area contributed by atoms with E-state index in [1.54, 1.807) is 0 Å². The fourth-order valence-electron chi connectivity index (χ4n) is 8.14. The Bertz CT molecular complexity index is 3070. The lowest BCUT2D eigenvalue weighted by Gasteiger charge is -2.18. The Morgan fingerprint density at radius 3 is 1.52 bits per heavy atom. The lowest BCUT2D eigenvalue weighted by Crippen LogP contribution is -1.91. The Kier molecular flexibility index (Phi) is 6.09. The predicted molar refractivity (Wildman–Crippen MR) is 221 cm³/mol. The van der Waals surface area contributed by atoms with Crippen LogP contribution in [0.1, 0.15) is 0 Å². The number of hydrogen-bond acceptors (Lipinski definition) is 2. The summed E-state index contributed by atoms with van der Waals surface area (Å²) in [7, 11) is 0. The van der Waals surface area contributed by atoms with Crippen LogP contribution in [0.15, 0.2) is 170 Å². The van der Waals surface area contributed by atoms with Gasteiger partial charge in [-0.15, -0.1) is 22.7 Å². The van der Waals surface area contributed by atoms with Gasteiger partial charge in [0.1, 0.15) is 0 Å². The van der Waals surface area contributed by atoms with Crippen molar-refractivity contribution in [2.45, 2.75) is 0 Å². The van der Waals surface area contributed by atoms with Gasteiger partial charge in [0, 0.05) is 45.7 Å². The highest BCUT2D eigenvalue weighted by Gasteiger charge is 2.18. The molecular weight excluding hydrogens is 641 g/mol. The average Bonchev–Trinajstić information content (AvgIpc) is 3.74. The molecule has 0 saturated heterocycles. The standard InChI is InChI=1S/C48H28S2/c1-2-10-29(11-3-1)30-18-20-31(21-19-30)46-35-13-4-6-15-37(35)47(38-16-7-5-14-36(38)46)33-23-25-44-41(26-33)39-24-22-32-27-45-42(28-40(32)48(39)50-44)34-12-8-9-17-43(34)49-45/h1-28H. The number of benzene rings is 9. The molecule has 11 aromatic rings. The van der Waals surface area contributed by atoms with E-state index in [9.17, 15) is 0 Å². The first-order chi connectivity index (χ1) is 24.8. The molecule has 2 heteroatoms. The Balaban J connectivity index is 1.13. The monoisotopic (exact) mass is 668 g/mol. The van der Waals surface area contributed by atoms with E-state index in [4.69, 9.17) is 0 Å². The van der Waals surface area contributed by atoms with Gasteiger partial charge in [-0.3, -0.25) is 0 Å². The Hall–Kier alpha value is -5.80. The predicted octanol–water partition coefficient (Wildman–Crippen LogP) is 14.9. The van der Waals surface area contributed by atoms with Gasteiger partial charge in [0.2, 0.25) is 0 Å². The minimum Gasteiger partial charge on any atom is -0.135 e. The van der Waals surface area contributed by atoms with Crippen molar-refractivity contribution in [3.8, 4) is 33.4 Å². The zero-order valence-electron chi connectivity index (χ0n) is 27.0. The quantitative estimate of drug-likeness (QED) is 0.164. The van der Waals surface area contributed by atoms with E-state index >= 15 is 0 Å². The molecule has 0 radical (unpaired) electrons. The van der Waals surface area contributed by atoms with Crippen LogP contribution in [-0.2, 0) is 0 Å². The zero-order chi connectivity index (χ0) is 32.8. The van der Waals surface area contributed by atoms with E-state index < -0.39 is 0 Å². The lowest BCUT2D eigenvalue weighted by atomic mass is 9.85. The van der Waals surface area contributed by atoms with Crippen LogP contribution in [0.3, 0.4) is 0 Å². The summed E-state index contributed by atoms with van der Waals surface area (Å²) in [5, 5.41) is 13.2. The number of thiophene rings is 2. The summed E-state index contributed by atoms with van der Waals surface area (Å²) >= 11 is 3.81. The summed E-state index contributed by atoms with van der Waals surface area (Å²) in [6, 6.07) is 63.1. The fourth-order valence-corrected chi connectivity index (χ4v) is 10.5. The molecule has 2 aromatic heterocycles. The van der Waals surface area contributed by atoms with E-state index in [1.807, 2.05) is 22.7 Å². The molecule has 0 unspecified atom stereocenters. The van der Waals surface area contributed by atoms with Gasteiger partial charge in [-0.1, -0.05) is 140 Å². The molecule has 0 aliphatic heterocycles. The molecular formula is C48H28S2. The van der Waals surface area contributed by atoms with Crippen molar-refractivity contribution in [1.82, 2.24) is 0 Å². The summed E-state index contributed by atoms with van der Waals surface area (Å²) in [6.45, 7) is 0. The smallest absolute Gasteiger partial charge is 0.0434 e. The van der Waals surface area contributed by atoms with Crippen molar-refractivity contribution in [2.75, 3.05) is 0 Å². The van der Waals surface area contributed by atoms with Gasteiger partial charge in [-0.25, -0.2) is 0 Å². The molecule has 0 aliphatic rings. The highest BCUT2D eigenvalue weighted by Crippen LogP contribution is 2.47. The van der Waals surface area contributed by atoms with Crippen molar-refractivity contribution in [3.63, 3.8) is 0 Å². The topological polar surface area (TPSA) is 0 Å². The highest BCUT2D eigenvalue weighted by molar-refractivity contribution is 7.27. The first-order valence-corrected chi connectivity index (χ1v) is 18.7. The molecule has 0 aliphatic carbocycles. The molecule has 50 heavy (non-hydrogen) atoms. The van der Waals surface area contributed by atoms with E-state index in [0.29, 0.717) is 0 Å². The third kappa shape index (κ3) is 4.16. The summed E-state index contributed by atoms with van der Waals surface area (Å²) in [4.78, 5) is 0. The molecule has 0 fully saturated rings. The molecule has 0 nitrogen and oxygen atoms in total. The third-order valence-electron chi connectivity index (χ3n) is 10.5. The molecule has 0 atom stereocenters. The van der Waals surface area contributed by atoms with E-state index in [2.05, 4.69) is 170 Å². The molecule has 232 valence electrons. The summed E-state index contributed by atoms with van der Waals surface area (Å²) in [5.74, 6) is 0. The van der Waals surface area contributed by atoms with Gasteiger partial charge in [-0.2, -0.15) is 0 Å². The Labute approximate surface area is 297 Å². The highest BCUT2D eigenvalue weighted by atomic mass is 32.1. The molecule has 11 rings (SSSR count). The third-order valence-corrected chi connectivity index (χ3v) is 12.8. The molecule has 0 saturated carbocycles. The van der Waals surface area contributed by atoms with E-state index in [1.165, 1.54) is 106 Å². The van der Waals surface area contributed by atoms with Crippen LogP contribution in [0, 0.1) is 0 Å². The molecule has 0 spiro atoms. The maximum Gasteiger partial charge on any atom is 0.0434 e. The minimum atomic E-state index is 1.23. The lowest BCUT2D eigenvalue weighted by molar-refractivity contribution is 1.61. The molecule has 0 amide bonds. The number of hydrogen-bond donors (Lipinski definition) is 0. The Morgan fingerprint density at radius 1 is 0.260 bits per heavy atom. The van der Waals surface area contributed by atoms with Gasteiger partial charge >= 0.3 is 0 Å². The minimum absolute atomic E-state index is 1.23. The van der Waals surface area contributed by atoms with Crippen LogP contribution < -0.4 is 0 Å². The van der Waals surface area contributed by atoms with Gasteiger partial charge < -0.3 is 0 Å². The van der Waals surface area contributed by atoms with Crippen LogP contribution in [0.25, 0.3) is 106 Å². The maximum atomic E-state index is 2.45. The largest absolute Gasteiger partial charge is 0.135 e. The zero-order valence-corrected chi connectivity index (χ0v) is 28.6. The average molecular weight is 669 g/mol. The second kappa shape index (κ2) is 10.9. The summed E-state index contributed by atoms with van der Waals surface area (Å²) in [6.07, 6.45) is 0. The van der Waals surface area contributed by atoms with Crippen LogP contribution in [0.5, 0.6) is 0 Å². The van der Waals surface area contributed by atoms with Gasteiger partial charge in [0.25, 0.3) is 0 Å². The normalized spacial score (nSPS) is 12.0. The van der Waals surface area contributed by atoms with Crippen molar-refractivity contribution >= 4 is 95.3 Å². The Morgan fingerprint density at radius 2 is 0.800 bits per heavy atom. The van der Waals surface area contributed by atoms with Gasteiger partial charge in [0.05, 0.1) is 0 Å². The summed E-state index contributed by atoms with van der Waals surface area (Å²) < 4.78 is 5.41. The first kappa shape index (κ1) is 28.1. The number of fused-ring (bicyclic) bond motifs is 10. The van der Waals surface area contributed by atoms with Crippen molar-refractivity contribution in [3.05, 3.63) is 170 Å². The summed E-state index contributed by atoms with van der Waals surface area (Å²) in [5.41, 5.74) is 7.56. The first-order valence-electron chi connectivity index (χ1n) is 17.1. The maximum absolute atomic E-state index is 2.45. The van der Waals surface area contributed by atoms with Crippen molar-refractivity contribution in [1.29, 1.82) is 0 Å². The van der Waals surface area contributed by atoms with Gasteiger partial charge in [-0.05, 0) is 90.6 Å². The van der Waals surface area contributed by atoms with Gasteiger partial charge in [0.15, 0.2) is 0 Å². The number of rotatable bonds is 3.